The molecule has 0 spiro atoms. The number of hydrazone groups is 1. The molecule has 0 aliphatic heterocycles. The van der Waals surface area contributed by atoms with Gasteiger partial charge in [0.2, 0.25) is 10.0 Å². The lowest BCUT2D eigenvalue weighted by atomic mass is 10.1. The fourth-order valence-corrected chi connectivity index (χ4v) is 6.00. The monoisotopic (exact) mass is 680 g/mol. The zero-order valence-corrected chi connectivity index (χ0v) is 24.7. The van der Waals surface area contributed by atoms with Crippen molar-refractivity contribution in [3.63, 3.8) is 0 Å². The Hall–Kier alpha value is -3.87. The summed E-state index contributed by atoms with van der Waals surface area (Å²) in [5.41, 5.74) is 5.97. The minimum atomic E-state index is -3.97. The van der Waals surface area contributed by atoms with Crippen LogP contribution in [0.2, 0.25) is 0 Å². The number of para-hydroxylation sites is 1. The van der Waals surface area contributed by atoms with Crippen molar-refractivity contribution in [1.82, 2.24) is 14.7 Å². The first-order chi connectivity index (χ1) is 19.8. The molecule has 41 heavy (non-hydrogen) atoms. The van der Waals surface area contributed by atoms with Crippen LogP contribution < -0.4 is 10.1 Å². The van der Waals surface area contributed by atoms with E-state index in [2.05, 4.69) is 37.8 Å². The third kappa shape index (κ3) is 7.26. The van der Waals surface area contributed by atoms with E-state index in [9.17, 15) is 17.6 Å². The highest BCUT2D eigenvalue weighted by Gasteiger charge is 2.26. The van der Waals surface area contributed by atoms with E-state index in [4.69, 9.17) is 0 Å². The number of amides is 1. The van der Waals surface area contributed by atoms with E-state index in [1.54, 1.807) is 24.3 Å². The highest BCUT2D eigenvalue weighted by molar-refractivity contribution is 14.1. The molecule has 1 heterocycles. The first kappa shape index (κ1) is 28.7. The number of sulfonamides is 1. The molecular weight excluding hydrogens is 654 g/mol. The molecule has 208 valence electrons. The number of carbonyl (C=O) groups is 1. The molecule has 1 amide bonds. The van der Waals surface area contributed by atoms with E-state index < -0.39 is 22.0 Å². The van der Waals surface area contributed by atoms with Crippen molar-refractivity contribution < 1.29 is 17.6 Å². The van der Waals surface area contributed by atoms with E-state index in [1.165, 1.54) is 30.5 Å². The number of fused-ring (bicyclic) bond motifs is 1. The summed E-state index contributed by atoms with van der Waals surface area (Å²) in [5, 5.41) is 5.10. The van der Waals surface area contributed by atoms with Crippen LogP contribution >= 0.6 is 22.6 Å². The number of hydrogen-bond donors (Lipinski definition) is 2. The largest absolute Gasteiger partial charge is 0.342 e. The minimum Gasteiger partial charge on any atom is -0.342 e. The molecule has 0 saturated carbocycles. The van der Waals surface area contributed by atoms with Crippen molar-refractivity contribution in [3.8, 4) is 0 Å². The number of halogens is 2. The van der Waals surface area contributed by atoms with Crippen molar-refractivity contribution in [3.05, 3.63) is 135 Å². The Balaban J connectivity index is 1.36. The second-order valence-corrected chi connectivity index (χ2v) is 12.4. The molecule has 10 heteroatoms. The second-order valence-electron chi connectivity index (χ2n) is 9.41. The molecule has 1 aromatic heterocycles. The molecule has 5 rings (SSSR count). The van der Waals surface area contributed by atoms with Gasteiger partial charge in [-0.05, 0) is 82.6 Å². The summed E-state index contributed by atoms with van der Waals surface area (Å²) in [6.45, 7) is 0.528. The lowest BCUT2D eigenvalue weighted by Gasteiger charge is -2.17. The molecule has 1 atom stereocenters. The average Bonchev–Trinajstić information content (AvgIpc) is 3.31. The second kappa shape index (κ2) is 12.8. The summed E-state index contributed by atoms with van der Waals surface area (Å²) in [6.07, 6.45) is 3.59. The Morgan fingerprint density at radius 1 is 0.902 bits per heavy atom. The van der Waals surface area contributed by atoms with Crippen molar-refractivity contribution in [2.45, 2.75) is 23.9 Å². The first-order valence-electron chi connectivity index (χ1n) is 12.8. The van der Waals surface area contributed by atoms with Crippen LogP contribution in [0.3, 0.4) is 0 Å². The SMILES string of the molecule is O=C(N/N=C\c1cn(Cc2ccc(F)cc2)c2ccccc12)[C@@H](Cc1ccccc1)NS(=O)(=O)c1ccc(I)cc1. The van der Waals surface area contributed by atoms with Crippen molar-refractivity contribution in [1.29, 1.82) is 0 Å². The average molecular weight is 681 g/mol. The quantitative estimate of drug-likeness (QED) is 0.116. The maximum atomic E-state index is 13.4. The topological polar surface area (TPSA) is 92.6 Å². The van der Waals surface area contributed by atoms with Crippen LogP contribution in [0.25, 0.3) is 10.9 Å². The summed E-state index contributed by atoms with van der Waals surface area (Å²) >= 11 is 2.10. The molecule has 0 aliphatic carbocycles. The Morgan fingerprint density at radius 2 is 1.59 bits per heavy atom. The standard InChI is InChI=1S/C31H26FIN4O3S/c32-25-12-10-23(11-13-25)20-37-21-24(28-8-4-5-9-30(28)37)19-34-35-31(38)29(18-22-6-2-1-3-7-22)36-41(39,40)27-16-14-26(33)15-17-27/h1-17,19,21,29,36H,18,20H2,(H,35,38)/b34-19-/t29-/m1/s1. The van der Waals surface area contributed by atoms with E-state index in [0.29, 0.717) is 6.54 Å². The maximum absolute atomic E-state index is 13.4. The smallest absolute Gasteiger partial charge is 0.258 e. The number of nitrogens with zero attached hydrogens (tertiary/aromatic N) is 2. The number of carbonyl (C=O) groups excluding carboxylic acids is 1. The molecule has 4 aromatic carbocycles. The number of benzene rings is 4. The predicted octanol–water partition coefficient (Wildman–Crippen LogP) is 5.47. The zero-order valence-electron chi connectivity index (χ0n) is 21.7. The van der Waals surface area contributed by atoms with Crippen molar-refractivity contribution in [2.24, 2.45) is 5.10 Å². The number of aromatic nitrogens is 1. The van der Waals surface area contributed by atoms with Gasteiger partial charge in [-0.1, -0.05) is 60.7 Å². The molecule has 0 unspecified atom stereocenters. The van der Waals surface area contributed by atoms with E-state index in [0.717, 1.165) is 31.2 Å². The van der Waals surface area contributed by atoms with Crippen LogP contribution in [-0.2, 0) is 27.8 Å². The van der Waals surface area contributed by atoms with Crippen LogP contribution in [0.5, 0.6) is 0 Å². The lowest BCUT2D eigenvalue weighted by molar-refractivity contribution is -0.122. The highest BCUT2D eigenvalue weighted by atomic mass is 127. The summed E-state index contributed by atoms with van der Waals surface area (Å²) in [7, 11) is -3.97. The van der Waals surface area contributed by atoms with Crippen molar-refractivity contribution >= 4 is 55.6 Å². The van der Waals surface area contributed by atoms with E-state index in [-0.39, 0.29) is 17.1 Å². The molecule has 0 fully saturated rings. The van der Waals surface area contributed by atoms with Crippen LogP contribution in [0.1, 0.15) is 16.7 Å². The molecule has 5 aromatic rings. The number of nitrogens with one attached hydrogen (secondary N) is 2. The van der Waals surface area contributed by atoms with Gasteiger partial charge in [0, 0.05) is 32.8 Å². The van der Waals surface area contributed by atoms with E-state index in [1.807, 2.05) is 65.4 Å². The third-order valence-corrected chi connectivity index (χ3v) is 8.69. The predicted molar refractivity (Wildman–Crippen MR) is 167 cm³/mol. The lowest BCUT2D eigenvalue weighted by Crippen LogP contribution is -2.46. The fraction of sp³-hybridized carbons (Fsp3) is 0.0968. The van der Waals surface area contributed by atoms with Gasteiger partial charge in [0.1, 0.15) is 11.9 Å². The molecule has 0 radical (unpaired) electrons. The van der Waals surface area contributed by atoms with Gasteiger partial charge in [-0.25, -0.2) is 18.2 Å². The molecular formula is C31H26FIN4O3S. The molecule has 2 N–H and O–H groups in total. The molecule has 0 aliphatic rings. The minimum absolute atomic E-state index is 0.0706. The normalized spacial score (nSPS) is 12.5. The summed E-state index contributed by atoms with van der Waals surface area (Å²) < 4.78 is 45.0. The summed E-state index contributed by atoms with van der Waals surface area (Å²) in [4.78, 5) is 13.3. The highest BCUT2D eigenvalue weighted by Crippen LogP contribution is 2.21. The van der Waals surface area contributed by atoms with Crippen LogP contribution in [0.4, 0.5) is 4.39 Å². The molecule has 7 nitrogen and oxygen atoms in total. The van der Waals surface area contributed by atoms with Crippen LogP contribution in [0, 0.1) is 9.39 Å². The summed E-state index contributed by atoms with van der Waals surface area (Å²) in [5.74, 6) is -0.879. The van der Waals surface area contributed by atoms with Crippen LogP contribution in [0.15, 0.2) is 119 Å². The maximum Gasteiger partial charge on any atom is 0.258 e. The Bertz CT molecular complexity index is 1790. The summed E-state index contributed by atoms with van der Waals surface area (Å²) in [6, 6.07) is 28.6. The Morgan fingerprint density at radius 3 is 2.32 bits per heavy atom. The van der Waals surface area contributed by atoms with Gasteiger partial charge in [0.15, 0.2) is 0 Å². The molecule has 0 saturated heterocycles. The Kier molecular flexibility index (Phi) is 8.91. The Labute approximate surface area is 251 Å². The van der Waals surface area contributed by atoms with Gasteiger partial charge in [-0.3, -0.25) is 4.79 Å². The van der Waals surface area contributed by atoms with E-state index >= 15 is 0 Å². The van der Waals surface area contributed by atoms with Crippen molar-refractivity contribution in [2.75, 3.05) is 0 Å². The zero-order chi connectivity index (χ0) is 28.8. The van der Waals surface area contributed by atoms with Gasteiger partial charge in [-0.15, -0.1) is 0 Å². The van der Waals surface area contributed by atoms with Gasteiger partial charge >= 0.3 is 0 Å². The number of hydrogen-bond acceptors (Lipinski definition) is 4. The molecule has 0 bridgehead atoms. The number of rotatable bonds is 10. The van der Waals surface area contributed by atoms with Gasteiger partial charge in [0.05, 0.1) is 11.1 Å². The van der Waals surface area contributed by atoms with Crippen LogP contribution in [-0.4, -0.2) is 31.1 Å². The van der Waals surface area contributed by atoms with Gasteiger partial charge in [0.25, 0.3) is 5.91 Å². The fourth-order valence-electron chi connectivity index (χ4n) is 4.45. The van der Waals surface area contributed by atoms with Gasteiger partial charge < -0.3 is 4.57 Å². The van der Waals surface area contributed by atoms with Gasteiger partial charge in [-0.2, -0.15) is 9.82 Å². The first-order valence-corrected chi connectivity index (χ1v) is 15.3. The third-order valence-electron chi connectivity index (χ3n) is 6.48.